The second-order valence-electron chi connectivity index (χ2n) is 5.26. The van der Waals surface area contributed by atoms with Gasteiger partial charge in [0.2, 0.25) is 0 Å². The molecule has 4 nitrogen and oxygen atoms in total. The minimum atomic E-state index is -0.382. The van der Waals surface area contributed by atoms with Crippen LogP contribution in [0.2, 0.25) is 5.02 Å². The van der Waals surface area contributed by atoms with Gasteiger partial charge in [0.15, 0.2) is 0 Å². The van der Waals surface area contributed by atoms with Gasteiger partial charge in [-0.1, -0.05) is 17.7 Å². The van der Waals surface area contributed by atoms with Crippen LogP contribution in [0.4, 0.5) is 4.39 Å². The lowest BCUT2D eigenvalue weighted by atomic mass is 10.1. The van der Waals surface area contributed by atoms with Gasteiger partial charge in [0.25, 0.3) is 0 Å². The van der Waals surface area contributed by atoms with Gasteiger partial charge in [-0.25, -0.2) is 9.37 Å². The summed E-state index contributed by atoms with van der Waals surface area (Å²) in [5.74, 6) is 0.509. The third kappa shape index (κ3) is 3.26. The number of hydrogen-bond acceptors (Lipinski definition) is 3. The van der Waals surface area contributed by atoms with E-state index in [1.807, 2.05) is 19.2 Å². The fourth-order valence-electron chi connectivity index (χ4n) is 2.55. The predicted molar refractivity (Wildman–Crippen MR) is 78.7 cm³/mol. The highest BCUT2D eigenvalue weighted by Gasteiger charge is 2.26. The highest BCUT2D eigenvalue weighted by molar-refractivity contribution is 6.30. The Morgan fingerprint density at radius 1 is 1.52 bits per heavy atom. The first-order chi connectivity index (χ1) is 10.1. The van der Waals surface area contributed by atoms with Crippen molar-refractivity contribution < 1.29 is 9.13 Å². The molecule has 0 amide bonds. The molecule has 2 aromatic rings. The first kappa shape index (κ1) is 14.5. The Morgan fingerprint density at radius 3 is 3.10 bits per heavy atom. The third-order valence-corrected chi connectivity index (χ3v) is 3.95. The summed E-state index contributed by atoms with van der Waals surface area (Å²) >= 11 is 5.73. The molecule has 0 radical (unpaired) electrons. The summed E-state index contributed by atoms with van der Waals surface area (Å²) in [7, 11) is 0. The number of halogens is 2. The van der Waals surface area contributed by atoms with Crippen LogP contribution in [0.3, 0.4) is 0 Å². The van der Waals surface area contributed by atoms with Gasteiger partial charge in [-0.2, -0.15) is 0 Å². The highest BCUT2D eigenvalue weighted by Crippen LogP contribution is 2.25. The minimum absolute atomic E-state index is 0.0613. The molecule has 0 spiro atoms. The molecule has 3 rings (SSSR count). The fraction of sp³-hybridized carbons (Fsp3) is 0.400. The van der Waals surface area contributed by atoms with Gasteiger partial charge in [-0.05, 0) is 24.6 Å². The van der Waals surface area contributed by atoms with E-state index in [-0.39, 0.29) is 16.9 Å². The lowest BCUT2D eigenvalue weighted by Crippen LogP contribution is -2.39. The zero-order chi connectivity index (χ0) is 14.8. The number of nitrogens with one attached hydrogen (secondary N) is 1. The Kier molecular flexibility index (Phi) is 4.24. The average Bonchev–Trinajstić information content (AvgIpc) is 2.90. The van der Waals surface area contributed by atoms with Gasteiger partial charge < -0.3 is 9.72 Å². The number of morpholine rings is 1. The number of H-pyrrole nitrogens is 1. The van der Waals surface area contributed by atoms with Crippen LogP contribution in [0.25, 0.3) is 0 Å². The SMILES string of the molecule is Cc1cnc(C2COCCN2Cc2ccc(Cl)c(F)c2)[nH]1. The molecule has 1 N–H and O–H groups in total. The van der Waals surface area contributed by atoms with Crippen LogP contribution in [0, 0.1) is 12.7 Å². The standard InChI is InChI=1S/C15H17ClFN3O/c1-10-7-18-15(19-10)14-9-21-5-4-20(14)8-11-2-3-12(16)13(17)6-11/h2-3,6-7,14H,4-5,8-9H2,1H3,(H,18,19). The quantitative estimate of drug-likeness (QED) is 0.947. The van der Waals surface area contributed by atoms with Gasteiger partial charge in [-0.15, -0.1) is 0 Å². The van der Waals surface area contributed by atoms with Crippen LogP contribution in [-0.4, -0.2) is 34.6 Å². The monoisotopic (exact) mass is 309 g/mol. The molecule has 1 fully saturated rings. The zero-order valence-electron chi connectivity index (χ0n) is 11.8. The highest BCUT2D eigenvalue weighted by atomic mass is 35.5. The fourth-order valence-corrected chi connectivity index (χ4v) is 2.67. The van der Waals surface area contributed by atoms with Gasteiger partial charge in [-0.3, -0.25) is 4.90 Å². The van der Waals surface area contributed by atoms with Crippen LogP contribution in [0.15, 0.2) is 24.4 Å². The molecular formula is C15H17ClFN3O. The smallest absolute Gasteiger partial charge is 0.142 e. The van der Waals surface area contributed by atoms with Crippen molar-refractivity contribution in [3.63, 3.8) is 0 Å². The first-order valence-electron chi connectivity index (χ1n) is 6.90. The number of ether oxygens (including phenoxy) is 1. The molecule has 6 heteroatoms. The van der Waals surface area contributed by atoms with Crippen molar-refractivity contribution in [2.75, 3.05) is 19.8 Å². The van der Waals surface area contributed by atoms with Crippen molar-refractivity contribution in [2.45, 2.75) is 19.5 Å². The van der Waals surface area contributed by atoms with Crippen LogP contribution >= 0.6 is 11.6 Å². The van der Waals surface area contributed by atoms with E-state index in [1.165, 1.54) is 6.07 Å². The number of aryl methyl sites for hydroxylation is 1. The van der Waals surface area contributed by atoms with Gasteiger partial charge in [0.1, 0.15) is 11.6 Å². The maximum absolute atomic E-state index is 13.6. The van der Waals surface area contributed by atoms with E-state index in [4.69, 9.17) is 16.3 Å². The second-order valence-corrected chi connectivity index (χ2v) is 5.67. The molecule has 1 aliphatic rings. The summed E-state index contributed by atoms with van der Waals surface area (Å²) < 4.78 is 19.1. The van der Waals surface area contributed by atoms with Crippen LogP contribution < -0.4 is 0 Å². The molecule has 0 bridgehead atoms. The van der Waals surface area contributed by atoms with Crippen molar-refractivity contribution >= 4 is 11.6 Å². The van der Waals surface area contributed by atoms with Crippen molar-refractivity contribution in [1.29, 1.82) is 0 Å². The largest absolute Gasteiger partial charge is 0.378 e. The summed E-state index contributed by atoms with van der Waals surface area (Å²) in [5, 5.41) is 0.152. The molecule has 1 aromatic heterocycles. The van der Waals surface area contributed by atoms with E-state index in [0.29, 0.717) is 19.8 Å². The molecule has 2 heterocycles. The van der Waals surface area contributed by atoms with E-state index < -0.39 is 0 Å². The molecule has 1 aromatic carbocycles. The number of nitrogens with zero attached hydrogens (tertiary/aromatic N) is 2. The molecule has 1 atom stereocenters. The van der Waals surface area contributed by atoms with Gasteiger partial charge >= 0.3 is 0 Å². The number of benzene rings is 1. The first-order valence-corrected chi connectivity index (χ1v) is 7.28. The van der Waals surface area contributed by atoms with Crippen LogP contribution in [-0.2, 0) is 11.3 Å². The van der Waals surface area contributed by atoms with E-state index in [2.05, 4.69) is 14.9 Å². The molecule has 112 valence electrons. The van der Waals surface area contributed by atoms with E-state index in [0.717, 1.165) is 23.6 Å². The van der Waals surface area contributed by atoms with Crippen molar-refractivity contribution in [2.24, 2.45) is 0 Å². The molecule has 0 saturated carbocycles. The summed E-state index contributed by atoms with van der Waals surface area (Å²) in [6.45, 7) is 4.66. The summed E-state index contributed by atoms with van der Waals surface area (Å²) in [4.78, 5) is 9.89. The molecule has 1 aliphatic heterocycles. The topological polar surface area (TPSA) is 41.1 Å². The van der Waals surface area contributed by atoms with Crippen LogP contribution in [0.1, 0.15) is 23.1 Å². The maximum Gasteiger partial charge on any atom is 0.142 e. The lowest BCUT2D eigenvalue weighted by molar-refractivity contribution is -0.0157. The summed E-state index contributed by atoms with van der Waals surface area (Å²) in [6, 6.07) is 5.00. The number of rotatable bonds is 3. The zero-order valence-corrected chi connectivity index (χ0v) is 12.5. The van der Waals surface area contributed by atoms with Gasteiger partial charge in [0, 0.05) is 25.0 Å². The van der Waals surface area contributed by atoms with E-state index >= 15 is 0 Å². The van der Waals surface area contributed by atoms with E-state index in [9.17, 15) is 4.39 Å². The summed E-state index contributed by atoms with van der Waals surface area (Å²) in [5.41, 5.74) is 1.92. The number of hydrogen-bond donors (Lipinski definition) is 1. The average molecular weight is 310 g/mol. The van der Waals surface area contributed by atoms with Crippen molar-refractivity contribution in [1.82, 2.24) is 14.9 Å². The number of imidazole rings is 1. The van der Waals surface area contributed by atoms with E-state index in [1.54, 1.807) is 6.07 Å². The Hall–Kier alpha value is -1.43. The predicted octanol–water partition coefficient (Wildman–Crippen LogP) is 3.08. The summed E-state index contributed by atoms with van der Waals surface area (Å²) in [6.07, 6.45) is 1.81. The van der Waals surface area contributed by atoms with Gasteiger partial charge in [0.05, 0.1) is 24.3 Å². The lowest BCUT2D eigenvalue weighted by Gasteiger charge is -2.34. The third-order valence-electron chi connectivity index (χ3n) is 3.65. The Bertz CT molecular complexity index is 631. The van der Waals surface area contributed by atoms with Crippen molar-refractivity contribution in [3.8, 4) is 0 Å². The Morgan fingerprint density at radius 2 is 2.38 bits per heavy atom. The number of aromatic nitrogens is 2. The molecule has 21 heavy (non-hydrogen) atoms. The number of aromatic amines is 1. The molecular weight excluding hydrogens is 293 g/mol. The molecule has 1 unspecified atom stereocenters. The second kappa shape index (κ2) is 6.13. The van der Waals surface area contributed by atoms with Crippen molar-refractivity contribution in [3.05, 3.63) is 52.3 Å². The molecule has 1 saturated heterocycles. The normalized spacial score (nSPS) is 19.9. The maximum atomic E-state index is 13.6. The Labute approximate surface area is 127 Å². The Balaban J connectivity index is 1.79. The minimum Gasteiger partial charge on any atom is -0.378 e. The molecule has 0 aliphatic carbocycles. The van der Waals surface area contributed by atoms with Crippen LogP contribution in [0.5, 0.6) is 0 Å².